The lowest BCUT2D eigenvalue weighted by Gasteiger charge is -2.17. The normalized spacial score (nSPS) is 11.8. The molecule has 2 aromatic rings. The van der Waals surface area contributed by atoms with Gasteiger partial charge in [-0.25, -0.2) is 4.98 Å². The van der Waals surface area contributed by atoms with Gasteiger partial charge in [0.15, 0.2) is 0 Å². The van der Waals surface area contributed by atoms with Gasteiger partial charge < -0.3 is 4.74 Å². The zero-order valence-electron chi connectivity index (χ0n) is 9.98. The molecular formula is C12H15N3O. The maximum atomic E-state index is 5.27. The van der Waals surface area contributed by atoms with Crippen LogP contribution in [0, 0.1) is 0 Å². The minimum atomic E-state index is -0.0925. The highest BCUT2D eigenvalue weighted by Gasteiger charge is 2.19. The second-order valence-electron chi connectivity index (χ2n) is 4.70. The smallest absolute Gasteiger partial charge is 0.226 e. The third-order valence-corrected chi connectivity index (χ3v) is 2.33. The molecule has 0 N–H and O–H groups in total. The van der Waals surface area contributed by atoms with E-state index in [-0.39, 0.29) is 5.41 Å². The van der Waals surface area contributed by atoms with Gasteiger partial charge in [0.25, 0.3) is 0 Å². The van der Waals surface area contributed by atoms with E-state index >= 15 is 0 Å². The topological polar surface area (TPSA) is 47.9 Å². The molecule has 0 radical (unpaired) electrons. The fraction of sp³-hybridized carbons (Fsp3) is 0.417. The summed E-state index contributed by atoms with van der Waals surface area (Å²) in [6.07, 6.45) is 3.45. The Morgan fingerprint density at radius 3 is 2.56 bits per heavy atom. The summed E-state index contributed by atoms with van der Waals surface area (Å²) in [5.74, 6) is 1.37. The van der Waals surface area contributed by atoms with Crippen LogP contribution in [0.25, 0.3) is 10.9 Å². The largest absolute Gasteiger partial charge is 0.480 e. The van der Waals surface area contributed by atoms with Crippen LogP contribution in [-0.4, -0.2) is 22.1 Å². The molecule has 0 aliphatic heterocycles. The minimum Gasteiger partial charge on any atom is -0.480 e. The summed E-state index contributed by atoms with van der Waals surface area (Å²) < 4.78 is 5.27. The Kier molecular flexibility index (Phi) is 2.50. The molecule has 0 amide bonds. The first-order valence-electron chi connectivity index (χ1n) is 5.18. The van der Waals surface area contributed by atoms with E-state index in [0.29, 0.717) is 5.88 Å². The van der Waals surface area contributed by atoms with Crippen molar-refractivity contribution in [3.05, 3.63) is 24.3 Å². The molecule has 0 aromatic carbocycles. The summed E-state index contributed by atoms with van der Waals surface area (Å²) in [4.78, 5) is 13.0. The number of pyridine rings is 1. The average Bonchev–Trinajstić information content (AvgIpc) is 2.26. The first kappa shape index (κ1) is 10.8. The highest BCUT2D eigenvalue weighted by Crippen LogP contribution is 2.26. The molecule has 0 saturated heterocycles. The fourth-order valence-electron chi connectivity index (χ4n) is 1.44. The molecule has 0 aliphatic carbocycles. The van der Waals surface area contributed by atoms with E-state index in [9.17, 15) is 0 Å². The standard InChI is InChI=1S/C12H15N3O/c1-12(2,3)11-14-9-5-6-13-7-8(9)10(15-11)16-4/h5-7H,1-4H3. The van der Waals surface area contributed by atoms with Crippen LogP contribution in [0.4, 0.5) is 0 Å². The number of aromatic nitrogens is 3. The molecule has 16 heavy (non-hydrogen) atoms. The molecule has 0 bridgehead atoms. The van der Waals surface area contributed by atoms with Gasteiger partial charge in [0, 0.05) is 17.8 Å². The Morgan fingerprint density at radius 1 is 1.19 bits per heavy atom. The molecule has 2 rings (SSSR count). The molecule has 0 fully saturated rings. The quantitative estimate of drug-likeness (QED) is 0.735. The zero-order chi connectivity index (χ0) is 11.8. The maximum absolute atomic E-state index is 5.27. The van der Waals surface area contributed by atoms with Crippen LogP contribution in [0.3, 0.4) is 0 Å². The van der Waals surface area contributed by atoms with Crippen molar-refractivity contribution in [1.29, 1.82) is 0 Å². The van der Waals surface area contributed by atoms with Crippen LogP contribution in [0.1, 0.15) is 26.6 Å². The van der Waals surface area contributed by atoms with Crippen LogP contribution in [0.5, 0.6) is 5.88 Å². The van der Waals surface area contributed by atoms with Crippen LogP contribution in [0.2, 0.25) is 0 Å². The predicted molar refractivity (Wildman–Crippen MR) is 62.6 cm³/mol. The number of methoxy groups -OCH3 is 1. The third-order valence-electron chi connectivity index (χ3n) is 2.33. The molecule has 0 unspecified atom stereocenters. The van der Waals surface area contributed by atoms with E-state index in [2.05, 4.69) is 35.7 Å². The average molecular weight is 217 g/mol. The second kappa shape index (κ2) is 3.70. The Hall–Kier alpha value is -1.71. The Balaban J connectivity index is 2.73. The van der Waals surface area contributed by atoms with E-state index < -0.39 is 0 Å². The molecule has 4 nitrogen and oxygen atoms in total. The van der Waals surface area contributed by atoms with Gasteiger partial charge in [0.2, 0.25) is 5.88 Å². The minimum absolute atomic E-state index is 0.0925. The molecule has 0 spiro atoms. The van der Waals surface area contributed by atoms with Crippen LogP contribution < -0.4 is 4.74 Å². The van der Waals surface area contributed by atoms with Crippen molar-refractivity contribution >= 4 is 10.9 Å². The summed E-state index contributed by atoms with van der Waals surface area (Å²) in [6.45, 7) is 6.23. The number of hydrogen-bond acceptors (Lipinski definition) is 4. The molecule has 0 aliphatic rings. The summed E-state index contributed by atoms with van der Waals surface area (Å²) >= 11 is 0. The summed E-state index contributed by atoms with van der Waals surface area (Å²) in [7, 11) is 1.61. The highest BCUT2D eigenvalue weighted by molar-refractivity contribution is 5.82. The van der Waals surface area contributed by atoms with Gasteiger partial charge in [-0.1, -0.05) is 20.8 Å². The first-order chi connectivity index (χ1) is 7.52. The lowest BCUT2D eigenvalue weighted by Crippen LogP contribution is -2.16. The lowest BCUT2D eigenvalue weighted by atomic mass is 9.95. The molecule has 84 valence electrons. The molecule has 4 heteroatoms. The van der Waals surface area contributed by atoms with E-state index in [1.54, 1.807) is 19.5 Å². The van der Waals surface area contributed by atoms with Crippen molar-refractivity contribution < 1.29 is 4.74 Å². The van der Waals surface area contributed by atoms with Crippen molar-refractivity contribution in [2.75, 3.05) is 7.11 Å². The second-order valence-corrected chi connectivity index (χ2v) is 4.70. The Labute approximate surface area is 94.7 Å². The molecule has 0 atom stereocenters. The third kappa shape index (κ3) is 1.83. The van der Waals surface area contributed by atoms with Gasteiger partial charge in [0.05, 0.1) is 18.0 Å². The summed E-state index contributed by atoms with van der Waals surface area (Å²) in [5.41, 5.74) is 0.775. The first-order valence-corrected chi connectivity index (χ1v) is 5.18. The molecule has 2 heterocycles. The van der Waals surface area contributed by atoms with Crippen LogP contribution >= 0.6 is 0 Å². The molecule has 0 saturated carbocycles. The monoisotopic (exact) mass is 217 g/mol. The number of ether oxygens (including phenoxy) is 1. The number of rotatable bonds is 1. The number of fused-ring (bicyclic) bond motifs is 1. The van der Waals surface area contributed by atoms with E-state index in [0.717, 1.165) is 16.7 Å². The predicted octanol–water partition coefficient (Wildman–Crippen LogP) is 2.33. The van der Waals surface area contributed by atoms with E-state index in [1.165, 1.54) is 0 Å². The van der Waals surface area contributed by atoms with Gasteiger partial charge in [0.1, 0.15) is 5.82 Å². The fourth-order valence-corrected chi connectivity index (χ4v) is 1.44. The van der Waals surface area contributed by atoms with Crippen LogP contribution in [0.15, 0.2) is 18.5 Å². The maximum Gasteiger partial charge on any atom is 0.226 e. The van der Waals surface area contributed by atoms with Crippen molar-refractivity contribution in [2.45, 2.75) is 26.2 Å². The van der Waals surface area contributed by atoms with Gasteiger partial charge in [-0.3, -0.25) is 4.98 Å². The van der Waals surface area contributed by atoms with Crippen molar-refractivity contribution in [1.82, 2.24) is 15.0 Å². The van der Waals surface area contributed by atoms with Crippen LogP contribution in [-0.2, 0) is 5.41 Å². The Morgan fingerprint density at radius 2 is 1.94 bits per heavy atom. The van der Waals surface area contributed by atoms with E-state index in [4.69, 9.17) is 4.74 Å². The van der Waals surface area contributed by atoms with Gasteiger partial charge in [-0.05, 0) is 6.07 Å². The summed E-state index contributed by atoms with van der Waals surface area (Å²) in [6, 6.07) is 1.87. The number of nitrogens with zero attached hydrogens (tertiary/aromatic N) is 3. The SMILES string of the molecule is COc1nc(C(C)(C)C)nc2ccncc12. The van der Waals surface area contributed by atoms with E-state index in [1.807, 2.05) is 6.07 Å². The Bertz CT molecular complexity index is 517. The van der Waals surface area contributed by atoms with Gasteiger partial charge >= 0.3 is 0 Å². The zero-order valence-corrected chi connectivity index (χ0v) is 9.98. The van der Waals surface area contributed by atoms with Gasteiger partial charge in [-0.2, -0.15) is 4.98 Å². The van der Waals surface area contributed by atoms with Gasteiger partial charge in [-0.15, -0.1) is 0 Å². The summed E-state index contributed by atoms with van der Waals surface area (Å²) in [5, 5.41) is 0.845. The highest BCUT2D eigenvalue weighted by atomic mass is 16.5. The molecule has 2 aromatic heterocycles. The van der Waals surface area contributed by atoms with Crippen molar-refractivity contribution in [3.8, 4) is 5.88 Å². The molecular weight excluding hydrogens is 202 g/mol. The number of hydrogen-bond donors (Lipinski definition) is 0. The van der Waals surface area contributed by atoms with Crippen molar-refractivity contribution in [2.24, 2.45) is 0 Å². The van der Waals surface area contributed by atoms with Crippen molar-refractivity contribution in [3.63, 3.8) is 0 Å². The lowest BCUT2D eigenvalue weighted by molar-refractivity contribution is 0.395.